The fraction of sp³-hybridized carbons (Fsp3) is 0.0667. The van der Waals surface area contributed by atoms with Crippen molar-refractivity contribution in [2.45, 2.75) is 6.42 Å². The predicted octanol–water partition coefficient (Wildman–Crippen LogP) is 4.56. The van der Waals surface area contributed by atoms with Gasteiger partial charge in [0, 0.05) is 41.3 Å². The summed E-state index contributed by atoms with van der Waals surface area (Å²) in [6, 6.07) is 22.6. The molecule has 1 heterocycles. The highest BCUT2D eigenvalue weighted by Crippen LogP contribution is 2.24. The normalized spacial score (nSPS) is 11.8. The van der Waals surface area contributed by atoms with Crippen LogP contribution in [0.5, 0.6) is 0 Å². The molecule has 8 nitrogen and oxygen atoms in total. The summed E-state index contributed by atoms with van der Waals surface area (Å²) >= 11 is 0. The second kappa shape index (κ2) is 12.0. The Bertz CT molecular complexity index is 1590. The Morgan fingerprint density at radius 2 is 1.66 bits per heavy atom. The van der Waals surface area contributed by atoms with Crippen LogP contribution in [0.4, 0.5) is 22.9 Å². The molecule has 3 aromatic carbocycles. The number of allylic oxidation sites excluding steroid dienone is 2. The number of amides is 2. The standard InChI is InChI=1S/C16H11N3.C14H15N3O2/c1-2-12-6-5-7-13(10-12)19-16-14-8-3-4-9-15(14)17-11-18-16;1-16-13(18)9-6-7-10(8-9)14(19)17-12-5-3-2-4-11(12)15/h1,3-11H,(H,17,18,19);2-7H,8,15H2,1H3,(H,16,18)(H,17,19). The number of nitrogens with zero attached hydrogens (tertiary/aromatic N) is 2. The predicted molar refractivity (Wildman–Crippen MR) is 152 cm³/mol. The molecule has 0 saturated heterocycles. The van der Waals surface area contributed by atoms with E-state index < -0.39 is 0 Å². The van der Waals surface area contributed by atoms with E-state index in [0.717, 1.165) is 28.0 Å². The van der Waals surface area contributed by atoms with Crippen LogP contribution in [0.3, 0.4) is 0 Å². The van der Waals surface area contributed by atoms with E-state index in [1.807, 2.05) is 48.5 Å². The number of likely N-dealkylation sites (N-methyl/N-ethyl adjacent to an activating group) is 1. The van der Waals surface area contributed by atoms with Gasteiger partial charge in [-0.1, -0.05) is 48.4 Å². The number of aromatic nitrogens is 2. The average Bonchev–Trinajstić information content (AvgIpc) is 3.45. The monoisotopic (exact) mass is 502 g/mol. The lowest BCUT2D eigenvalue weighted by Gasteiger charge is -2.09. The Kier molecular flexibility index (Phi) is 8.11. The number of carbonyl (C=O) groups excluding carboxylic acids is 2. The molecule has 0 spiro atoms. The molecular weight excluding hydrogens is 476 g/mol. The zero-order valence-corrected chi connectivity index (χ0v) is 20.7. The Balaban J connectivity index is 0.000000177. The fourth-order valence-corrected chi connectivity index (χ4v) is 3.74. The van der Waals surface area contributed by atoms with E-state index in [4.69, 9.17) is 12.2 Å². The quantitative estimate of drug-likeness (QED) is 0.234. The van der Waals surface area contributed by atoms with E-state index in [-0.39, 0.29) is 11.8 Å². The van der Waals surface area contributed by atoms with Crippen LogP contribution in [0.1, 0.15) is 12.0 Å². The van der Waals surface area contributed by atoms with Gasteiger partial charge in [-0.05, 0) is 42.5 Å². The van der Waals surface area contributed by atoms with Gasteiger partial charge < -0.3 is 21.7 Å². The molecule has 1 aromatic heterocycles. The number of fused-ring (bicyclic) bond motifs is 1. The van der Waals surface area contributed by atoms with Crippen molar-refractivity contribution in [1.82, 2.24) is 15.3 Å². The minimum Gasteiger partial charge on any atom is -0.397 e. The van der Waals surface area contributed by atoms with Gasteiger partial charge in [-0.25, -0.2) is 9.97 Å². The first kappa shape index (κ1) is 25.7. The van der Waals surface area contributed by atoms with Gasteiger partial charge in [-0.2, -0.15) is 0 Å². The second-order valence-electron chi connectivity index (χ2n) is 8.27. The number of hydrogen-bond acceptors (Lipinski definition) is 6. The third-order valence-corrected chi connectivity index (χ3v) is 5.72. The van der Waals surface area contributed by atoms with Gasteiger partial charge >= 0.3 is 0 Å². The molecule has 0 radical (unpaired) electrons. The van der Waals surface area contributed by atoms with Gasteiger partial charge in [0.2, 0.25) is 5.91 Å². The van der Waals surface area contributed by atoms with Crippen LogP contribution in [0, 0.1) is 12.3 Å². The van der Waals surface area contributed by atoms with Gasteiger partial charge in [0.05, 0.1) is 16.9 Å². The Hall–Kier alpha value is -5.42. The molecule has 0 saturated carbocycles. The van der Waals surface area contributed by atoms with Crippen LogP contribution in [0.25, 0.3) is 10.9 Å². The Labute approximate surface area is 220 Å². The summed E-state index contributed by atoms with van der Waals surface area (Å²) in [6.07, 6.45) is 10.6. The number of rotatable bonds is 5. The Morgan fingerprint density at radius 3 is 2.42 bits per heavy atom. The number of anilines is 4. The first-order valence-electron chi connectivity index (χ1n) is 11.8. The van der Waals surface area contributed by atoms with Crippen molar-refractivity contribution in [3.05, 3.63) is 108 Å². The van der Waals surface area contributed by atoms with Crippen LogP contribution < -0.4 is 21.7 Å². The van der Waals surface area contributed by atoms with Crippen molar-refractivity contribution in [3.63, 3.8) is 0 Å². The molecule has 0 aliphatic heterocycles. The van der Waals surface area contributed by atoms with Crippen LogP contribution in [0.2, 0.25) is 0 Å². The van der Waals surface area contributed by atoms with Crippen LogP contribution in [0.15, 0.2) is 102 Å². The van der Waals surface area contributed by atoms with Crippen LogP contribution in [-0.2, 0) is 9.59 Å². The number of nitrogens with two attached hydrogens (primary N) is 1. The average molecular weight is 503 g/mol. The number of terminal acetylenes is 1. The van der Waals surface area contributed by atoms with Gasteiger partial charge in [-0.15, -0.1) is 6.42 Å². The summed E-state index contributed by atoms with van der Waals surface area (Å²) in [6.45, 7) is 0. The highest BCUT2D eigenvalue weighted by atomic mass is 16.2. The van der Waals surface area contributed by atoms with E-state index in [1.54, 1.807) is 49.8 Å². The molecule has 2 amide bonds. The lowest BCUT2D eigenvalue weighted by Crippen LogP contribution is -2.21. The maximum absolute atomic E-state index is 12.0. The first-order valence-corrected chi connectivity index (χ1v) is 11.8. The molecule has 5 rings (SSSR count). The highest BCUT2D eigenvalue weighted by molar-refractivity contribution is 6.08. The summed E-state index contributed by atoms with van der Waals surface area (Å²) < 4.78 is 0. The molecule has 0 fully saturated rings. The van der Waals surface area contributed by atoms with Crippen molar-refractivity contribution in [3.8, 4) is 12.3 Å². The van der Waals surface area contributed by atoms with Crippen LogP contribution in [-0.4, -0.2) is 28.8 Å². The Morgan fingerprint density at radius 1 is 0.921 bits per heavy atom. The van der Waals surface area contributed by atoms with E-state index in [9.17, 15) is 9.59 Å². The lowest BCUT2D eigenvalue weighted by molar-refractivity contribution is -0.117. The summed E-state index contributed by atoms with van der Waals surface area (Å²) in [7, 11) is 1.56. The molecule has 38 heavy (non-hydrogen) atoms. The number of para-hydroxylation sites is 3. The molecule has 0 bridgehead atoms. The zero-order chi connectivity index (χ0) is 26.9. The smallest absolute Gasteiger partial charge is 0.251 e. The van der Waals surface area contributed by atoms with Gasteiger partial charge in [0.25, 0.3) is 5.91 Å². The number of hydrogen-bond donors (Lipinski definition) is 4. The molecule has 0 atom stereocenters. The van der Waals surface area contributed by atoms with E-state index >= 15 is 0 Å². The van der Waals surface area contributed by atoms with Gasteiger partial charge in [-0.3, -0.25) is 9.59 Å². The molecule has 5 N–H and O–H groups in total. The summed E-state index contributed by atoms with van der Waals surface area (Å²) in [5.41, 5.74) is 10.6. The topological polar surface area (TPSA) is 122 Å². The molecule has 0 unspecified atom stereocenters. The molecule has 188 valence electrons. The molecular formula is C30H26N6O2. The van der Waals surface area contributed by atoms with E-state index in [0.29, 0.717) is 28.9 Å². The second-order valence-corrected chi connectivity index (χ2v) is 8.27. The highest BCUT2D eigenvalue weighted by Gasteiger charge is 2.19. The fourth-order valence-electron chi connectivity index (χ4n) is 3.74. The van der Waals surface area contributed by atoms with E-state index in [1.165, 1.54) is 0 Å². The number of nitrogens with one attached hydrogen (secondary N) is 3. The number of nitrogen functional groups attached to an aromatic ring is 1. The molecule has 4 aromatic rings. The maximum atomic E-state index is 12.0. The molecule has 1 aliphatic rings. The van der Waals surface area contributed by atoms with Crippen molar-refractivity contribution in [2.24, 2.45) is 0 Å². The third-order valence-electron chi connectivity index (χ3n) is 5.72. The minimum atomic E-state index is -0.243. The third kappa shape index (κ3) is 6.22. The van der Waals surface area contributed by atoms with Crippen molar-refractivity contribution < 1.29 is 9.59 Å². The van der Waals surface area contributed by atoms with Crippen molar-refractivity contribution in [2.75, 3.05) is 23.4 Å². The zero-order valence-electron chi connectivity index (χ0n) is 20.7. The lowest BCUT2D eigenvalue weighted by atomic mass is 10.1. The summed E-state index contributed by atoms with van der Waals surface area (Å²) in [5, 5.41) is 9.52. The SMILES string of the molecule is C#Cc1cccc(Nc2ncnc3ccccc23)c1.CNC(=O)C1=CC=C(C(=O)Nc2ccccc2N)C1. The van der Waals surface area contributed by atoms with Crippen molar-refractivity contribution >= 4 is 45.6 Å². The summed E-state index contributed by atoms with van der Waals surface area (Å²) in [4.78, 5) is 32.0. The molecule has 1 aliphatic carbocycles. The van der Waals surface area contributed by atoms with E-state index in [2.05, 4.69) is 31.8 Å². The van der Waals surface area contributed by atoms with Crippen LogP contribution >= 0.6 is 0 Å². The number of benzene rings is 3. The maximum Gasteiger partial charge on any atom is 0.251 e. The first-order chi connectivity index (χ1) is 18.5. The van der Waals surface area contributed by atoms with Crippen molar-refractivity contribution in [1.29, 1.82) is 0 Å². The number of carbonyl (C=O) groups is 2. The minimum absolute atomic E-state index is 0.168. The van der Waals surface area contributed by atoms with Gasteiger partial charge in [0.15, 0.2) is 0 Å². The summed E-state index contributed by atoms with van der Waals surface area (Å²) in [5.74, 6) is 2.98. The largest absolute Gasteiger partial charge is 0.397 e. The molecule has 8 heteroatoms. The van der Waals surface area contributed by atoms with Gasteiger partial charge in [0.1, 0.15) is 12.1 Å².